The summed E-state index contributed by atoms with van der Waals surface area (Å²) >= 11 is 0. The summed E-state index contributed by atoms with van der Waals surface area (Å²) in [6.07, 6.45) is 11.2. The molecule has 37 heavy (non-hydrogen) atoms. The number of esters is 1. The lowest BCUT2D eigenvalue weighted by atomic mass is 10.1. The van der Waals surface area contributed by atoms with Crippen LogP contribution in [0.3, 0.4) is 0 Å². The van der Waals surface area contributed by atoms with Gasteiger partial charge in [-0.2, -0.15) is 0 Å². The Hall–Kier alpha value is -0.810. The molecule has 0 aliphatic carbocycles. The maximum Gasteiger partial charge on any atom is 0.305 e. The van der Waals surface area contributed by atoms with Crippen LogP contribution in [-0.4, -0.2) is 105 Å². The SMILES string of the molecule is CCCCCCCCOCCOCCOCCOCCOCCOCCOCCOC(=O)CCCCC. The van der Waals surface area contributed by atoms with Crippen molar-refractivity contribution in [2.24, 2.45) is 0 Å². The second-order valence-corrected chi connectivity index (χ2v) is 8.73. The average molecular weight is 537 g/mol. The Balaban J connectivity index is 3.06. The van der Waals surface area contributed by atoms with Crippen LogP contribution in [0.5, 0.6) is 0 Å². The Morgan fingerprint density at radius 3 is 1.14 bits per heavy atom. The number of carbonyl (C=O) groups excluding carboxylic acids is 1. The van der Waals surface area contributed by atoms with Crippen molar-refractivity contribution < 1.29 is 42.7 Å². The van der Waals surface area contributed by atoms with Crippen LogP contribution in [0.4, 0.5) is 0 Å². The van der Waals surface area contributed by atoms with E-state index < -0.39 is 0 Å². The number of hydrogen-bond donors (Lipinski definition) is 0. The predicted octanol–water partition coefficient (Wildman–Crippen LogP) is 4.59. The molecule has 222 valence electrons. The number of unbranched alkanes of at least 4 members (excludes halogenated alkanes) is 7. The molecule has 0 rings (SSSR count). The minimum Gasteiger partial charge on any atom is -0.463 e. The normalized spacial score (nSPS) is 11.3. The van der Waals surface area contributed by atoms with Crippen LogP contribution < -0.4 is 0 Å². The van der Waals surface area contributed by atoms with Gasteiger partial charge in [0.05, 0.1) is 85.9 Å². The first-order chi connectivity index (χ1) is 18.3. The second kappa shape index (κ2) is 33.2. The Kier molecular flexibility index (Phi) is 32.5. The van der Waals surface area contributed by atoms with E-state index in [4.69, 9.17) is 37.9 Å². The molecule has 0 aromatic heterocycles. The lowest BCUT2D eigenvalue weighted by Crippen LogP contribution is -2.15. The summed E-state index contributed by atoms with van der Waals surface area (Å²) in [7, 11) is 0. The average Bonchev–Trinajstić information content (AvgIpc) is 2.90. The van der Waals surface area contributed by atoms with E-state index in [-0.39, 0.29) is 5.97 Å². The molecule has 0 aromatic rings. The first kappa shape index (κ1) is 36.2. The molecule has 0 bridgehead atoms. The van der Waals surface area contributed by atoms with E-state index in [2.05, 4.69) is 13.8 Å². The van der Waals surface area contributed by atoms with E-state index in [1.807, 2.05) is 0 Å². The van der Waals surface area contributed by atoms with Crippen LogP contribution in [0.25, 0.3) is 0 Å². The van der Waals surface area contributed by atoms with E-state index in [9.17, 15) is 4.79 Å². The third-order valence-electron chi connectivity index (χ3n) is 5.35. The van der Waals surface area contributed by atoms with Crippen LogP contribution in [0.2, 0.25) is 0 Å². The van der Waals surface area contributed by atoms with Crippen molar-refractivity contribution in [3.05, 3.63) is 0 Å². The summed E-state index contributed by atoms with van der Waals surface area (Å²) in [5, 5.41) is 0. The van der Waals surface area contributed by atoms with E-state index in [0.717, 1.165) is 32.3 Å². The zero-order valence-electron chi connectivity index (χ0n) is 23.9. The summed E-state index contributed by atoms with van der Waals surface area (Å²) in [4.78, 5) is 11.4. The van der Waals surface area contributed by atoms with Crippen LogP contribution in [-0.2, 0) is 42.7 Å². The van der Waals surface area contributed by atoms with Crippen molar-refractivity contribution in [2.75, 3.05) is 99.1 Å². The second-order valence-electron chi connectivity index (χ2n) is 8.73. The van der Waals surface area contributed by atoms with Gasteiger partial charge in [-0.1, -0.05) is 58.8 Å². The lowest BCUT2D eigenvalue weighted by Gasteiger charge is -2.09. The molecule has 0 fully saturated rings. The highest BCUT2D eigenvalue weighted by atomic mass is 16.6. The highest BCUT2D eigenvalue weighted by Gasteiger charge is 2.01. The first-order valence-corrected chi connectivity index (χ1v) is 14.5. The highest BCUT2D eigenvalue weighted by Crippen LogP contribution is 2.04. The molecular weight excluding hydrogens is 480 g/mol. The largest absolute Gasteiger partial charge is 0.463 e. The Bertz CT molecular complexity index is 438. The van der Waals surface area contributed by atoms with Crippen molar-refractivity contribution in [3.8, 4) is 0 Å². The van der Waals surface area contributed by atoms with Gasteiger partial charge in [0.2, 0.25) is 0 Å². The summed E-state index contributed by atoms with van der Waals surface area (Å²) in [6.45, 7) is 12.3. The van der Waals surface area contributed by atoms with Gasteiger partial charge in [-0.3, -0.25) is 4.79 Å². The number of carbonyl (C=O) groups is 1. The van der Waals surface area contributed by atoms with Gasteiger partial charge in [0.15, 0.2) is 0 Å². The minimum atomic E-state index is -0.151. The van der Waals surface area contributed by atoms with Crippen LogP contribution in [0.1, 0.15) is 78.1 Å². The van der Waals surface area contributed by atoms with Crippen LogP contribution in [0, 0.1) is 0 Å². The van der Waals surface area contributed by atoms with Gasteiger partial charge >= 0.3 is 5.97 Å². The fraction of sp³-hybridized carbons (Fsp3) is 0.964. The van der Waals surface area contributed by atoms with E-state index >= 15 is 0 Å². The molecule has 0 heterocycles. The Morgan fingerprint density at radius 2 is 0.703 bits per heavy atom. The van der Waals surface area contributed by atoms with Crippen molar-refractivity contribution in [1.82, 2.24) is 0 Å². The summed E-state index contributed by atoms with van der Waals surface area (Å²) in [5.74, 6) is -0.151. The van der Waals surface area contributed by atoms with Gasteiger partial charge in [-0.15, -0.1) is 0 Å². The lowest BCUT2D eigenvalue weighted by molar-refractivity contribution is -0.145. The standard InChI is InChI=1S/C28H56O9/c1-3-5-7-8-9-11-13-30-14-15-31-16-17-32-18-19-33-20-21-34-22-23-35-24-25-36-26-27-37-28(29)12-10-6-4-2/h3-27H2,1-2H3. The van der Waals surface area contributed by atoms with Gasteiger partial charge in [0.1, 0.15) is 6.61 Å². The molecule has 0 aliphatic heterocycles. The maximum atomic E-state index is 11.4. The van der Waals surface area contributed by atoms with Gasteiger partial charge in [0.25, 0.3) is 0 Å². The fourth-order valence-corrected chi connectivity index (χ4v) is 3.21. The quantitative estimate of drug-likeness (QED) is 0.0904. The maximum absolute atomic E-state index is 11.4. The van der Waals surface area contributed by atoms with Crippen LogP contribution in [0.15, 0.2) is 0 Å². The molecule has 0 unspecified atom stereocenters. The van der Waals surface area contributed by atoms with Crippen molar-refractivity contribution in [2.45, 2.75) is 78.1 Å². The van der Waals surface area contributed by atoms with Gasteiger partial charge in [-0.25, -0.2) is 0 Å². The summed E-state index contributed by atoms with van der Waals surface area (Å²) in [6, 6.07) is 0. The molecule has 0 aromatic carbocycles. The van der Waals surface area contributed by atoms with Crippen molar-refractivity contribution in [3.63, 3.8) is 0 Å². The van der Waals surface area contributed by atoms with Crippen molar-refractivity contribution >= 4 is 5.97 Å². The molecule has 0 N–H and O–H groups in total. The third-order valence-corrected chi connectivity index (χ3v) is 5.35. The molecule has 9 heteroatoms. The molecule has 0 saturated heterocycles. The van der Waals surface area contributed by atoms with E-state index in [1.165, 1.54) is 32.1 Å². The van der Waals surface area contributed by atoms with E-state index in [0.29, 0.717) is 98.9 Å². The molecule has 0 amide bonds. The number of ether oxygens (including phenoxy) is 8. The molecule has 0 spiro atoms. The van der Waals surface area contributed by atoms with Gasteiger partial charge in [-0.05, 0) is 12.8 Å². The van der Waals surface area contributed by atoms with Gasteiger partial charge in [0, 0.05) is 13.0 Å². The monoisotopic (exact) mass is 536 g/mol. The zero-order chi connectivity index (χ0) is 26.9. The topological polar surface area (TPSA) is 90.9 Å². The van der Waals surface area contributed by atoms with E-state index in [1.54, 1.807) is 0 Å². The van der Waals surface area contributed by atoms with Gasteiger partial charge < -0.3 is 37.9 Å². The highest BCUT2D eigenvalue weighted by molar-refractivity contribution is 5.69. The smallest absolute Gasteiger partial charge is 0.305 e. The fourth-order valence-electron chi connectivity index (χ4n) is 3.21. The minimum absolute atomic E-state index is 0.151. The number of rotatable bonds is 32. The van der Waals surface area contributed by atoms with Crippen molar-refractivity contribution in [1.29, 1.82) is 0 Å². The molecule has 0 saturated carbocycles. The molecule has 0 aliphatic rings. The molecule has 9 nitrogen and oxygen atoms in total. The third kappa shape index (κ3) is 33.2. The summed E-state index contributed by atoms with van der Waals surface area (Å²) in [5.41, 5.74) is 0. The predicted molar refractivity (Wildman–Crippen MR) is 144 cm³/mol. The molecule has 0 radical (unpaired) electrons. The summed E-state index contributed by atoms with van der Waals surface area (Å²) < 4.78 is 43.4. The Labute approximate surface area is 226 Å². The first-order valence-electron chi connectivity index (χ1n) is 14.5. The van der Waals surface area contributed by atoms with Crippen LogP contribution >= 0.6 is 0 Å². The number of hydrogen-bond acceptors (Lipinski definition) is 9. The zero-order valence-corrected chi connectivity index (χ0v) is 23.9. The Morgan fingerprint density at radius 1 is 0.378 bits per heavy atom. The molecular formula is C28H56O9. The molecule has 0 atom stereocenters.